The lowest BCUT2D eigenvalue weighted by Gasteiger charge is -2.29. The number of nitrogens with one attached hydrogen (secondary N) is 3. The summed E-state index contributed by atoms with van der Waals surface area (Å²) < 4.78 is 29.0. The molecule has 8 nitrogen and oxygen atoms in total. The summed E-state index contributed by atoms with van der Waals surface area (Å²) in [5.41, 5.74) is 3.28. The largest absolute Gasteiger partial charge is 0.349 e. The topological polar surface area (TPSA) is 117 Å². The van der Waals surface area contributed by atoms with Crippen molar-refractivity contribution in [3.63, 3.8) is 0 Å². The van der Waals surface area contributed by atoms with Gasteiger partial charge in [0.25, 0.3) is 0 Å². The van der Waals surface area contributed by atoms with Crippen LogP contribution in [-0.2, 0) is 14.8 Å². The number of carbonyl (C=O) groups excluding carboxylic acids is 1. The summed E-state index contributed by atoms with van der Waals surface area (Å²) in [6.45, 7) is 1.98. The molecule has 5 rings (SSSR count). The molecule has 1 atom stereocenters. The molecule has 2 aromatic heterocycles. The van der Waals surface area contributed by atoms with E-state index >= 15 is 0 Å². The number of aromatic amines is 1. The Morgan fingerprint density at radius 2 is 1.72 bits per heavy atom. The fourth-order valence-corrected chi connectivity index (χ4v) is 6.04. The van der Waals surface area contributed by atoms with Crippen molar-refractivity contribution in [2.45, 2.75) is 49.6 Å². The smallest absolute Gasteiger partial charge is 0.240 e. The van der Waals surface area contributed by atoms with Gasteiger partial charge in [0.15, 0.2) is 0 Å². The van der Waals surface area contributed by atoms with Gasteiger partial charge in [-0.2, -0.15) is 0 Å². The minimum Gasteiger partial charge on any atom is -0.349 e. The Hall–Kier alpha value is -3.56. The van der Waals surface area contributed by atoms with E-state index in [0.717, 1.165) is 16.6 Å². The molecule has 0 unspecified atom stereocenters. The highest BCUT2D eigenvalue weighted by Gasteiger charge is 2.30. The molecule has 2 heterocycles. The van der Waals surface area contributed by atoms with Crippen LogP contribution in [0.5, 0.6) is 0 Å². The number of nitrogens with zero attached hydrogens (tertiary/aromatic N) is 2. The second-order valence-corrected chi connectivity index (χ2v) is 11.0. The number of rotatable bonds is 7. The highest BCUT2D eigenvalue weighted by Crippen LogP contribution is 2.28. The number of sulfonamides is 1. The van der Waals surface area contributed by atoms with E-state index in [9.17, 15) is 13.2 Å². The molecule has 1 amide bonds. The maximum absolute atomic E-state index is 13.1. The number of H-pyrrole nitrogens is 1. The number of carbonyl (C=O) groups is 1. The van der Waals surface area contributed by atoms with Gasteiger partial charge < -0.3 is 10.3 Å². The van der Waals surface area contributed by atoms with Crippen LogP contribution in [0.1, 0.15) is 44.2 Å². The van der Waals surface area contributed by atoms with Crippen molar-refractivity contribution >= 4 is 27.0 Å². The van der Waals surface area contributed by atoms with E-state index in [-0.39, 0.29) is 28.8 Å². The van der Waals surface area contributed by atoms with Crippen LogP contribution >= 0.6 is 0 Å². The number of imidazole rings is 1. The van der Waals surface area contributed by atoms with Crippen molar-refractivity contribution in [1.82, 2.24) is 25.0 Å². The lowest BCUT2D eigenvalue weighted by Crippen LogP contribution is -2.41. The standard InChI is InChI=1S/C27H29N5O3S/c1-18(19-5-3-2-4-6-19)29-27(33)21-7-9-22(10-8-21)32-36(34,35)23-11-12-24-25(17-23)31-26(30-24)20-13-15-28-16-14-20/h2-6,11-18,21-22,32H,7-10H2,1H3,(H,29,33)(H,30,31)/t18-,21-,22-/m1/s1. The summed E-state index contributed by atoms with van der Waals surface area (Å²) in [5, 5.41) is 3.09. The molecule has 0 saturated heterocycles. The first kappa shape index (κ1) is 24.1. The average molecular weight is 504 g/mol. The van der Waals surface area contributed by atoms with Gasteiger partial charge in [-0.3, -0.25) is 9.78 Å². The van der Waals surface area contributed by atoms with Crippen molar-refractivity contribution in [1.29, 1.82) is 0 Å². The van der Waals surface area contributed by atoms with Crippen LogP contribution in [0.3, 0.4) is 0 Å². The fraction of sp³-hybridized carbons (Fsp3) is 0.296. The Labute approximate surface area is 210 Å². The zero-order valence-electron chi connectivity index (χ0n) is 20.0. The van der Waals surface area contributed by atoms with Gasteiger partial charge in [0.05, 0.1) is 22.0 Å². The van der Waals surface area contributed by atoms with Crippen molar-refractivity contribution in [3.8, 4) is 11.4 Å². The van der Waals surface area contributed by atoms with Gasteiger partial charge in [-0.15, -0.1) is 0 Å². The van der Waals surface area contributed by atoms with Crippen LogP contribution in [0, 0.1) is 5.92 Å². The maximum Gasteiger partial charge on any atom is 0.240 e. The summed E-state index contributed by atoms with van der Waals surface area (Å²) in [5.74, 6) is 0.582. The quantitative estimate of drug-likeness (QED) is 0.347. The Morgan fingerprint density at radius 3 is 2.44 bits per heavy atom. The molecule has 0 spiro atoms. The molecular weight excluding hydrogens is 474 g/mol. The van der Waals surface area contributed by atoms with Gasteiger partial charge in [-0.1, -0.05) is 30.3 Å². The van der Waals surface area contributed by atoms with Crippen LogP contribution in [0.15, 0.2) is 78.0 Å². The number of hydrogen-bond donors (Lipinski definition) is 3. The van der Waals surface area contributed by atoms with Crippen molar-refractivity contribution in [2.24, 2.45) is 5.92 Å². The summed E-state index contributed by atoms with van der Waals surface area (Å²) >= 11 is 0. The molecule has 1 fully saturated rings. The summed E-state index contributed by atoms with van der Waals surface area (Å²) in [6.07, 6.45) is 5.90. The third-order valence-electron chi connectivity index (χ3n) is 6.80. The molecule has 0 aliphatic heterocycles. The average Bonchev–Trinajstić information content (AvgIpc) is 3.33. The van der Waals surface area contributed by atoms with Gasteiger partial charge in [0, 0.05) is 29.9 Å². The minimum atomic E-state index is -3.71. The van der Waals surface area contributed by atoms with Gasteiger partial charge in [0.1, 0.15) is 5.82 Å². The molecule has 0 bridgehead atoms. The monoisotopic (exact) mass is 503 g/mol. The number of aromatic nitrogens is 3. The Kier molecular flexibility index (Phi) is 6.84. The molecule has 3 N–H and O–H groups in total. The molecule has 2 aromatic carbocycles. The van der Waals surface area contributed by atoms with Gasteiger partial charge >= 0.3 is 0 Å². The Bertz CT molecular complexity index is 1450. The number of hydrogen-bond acceptors (Lipinski definition) is 5. The second kappa shape index (κ2) is 10.2. The Balaban J connectivity index is 1.20. The molecule has 36 heavy (non-hydrogen) atoms. The SMILES string of the molecule is C[C@@H](NC(=O)[C@H]1CC[C@H](NS(=O)(=O)c2ccc3[nH]c(-c4ccncc4)nc3c2)CC1)c1ccccc1. The normalized spacial score (nSPS) is 19.1. The van der Waals surface area contributed by atoms with Crippen LogP contribution in [-0.4, -0.2) is 35.3 Å². The Morgan fingerprint density at radius 1 is 1.00 bits per heavy atom. The number of amides is 1. The first-order valence-corrected chi connectivity index (χ1v) is 13.7. The second-order valence-electron chi connectivity index (χ2n) is 9.31. The highest BCUT2D eigenvalue weighted by molar-refractivity contribution is 7.89. The summed E-state index contributed by atoms with van der Waals surface area (Å²) in [6, 6.07) is 18.2. The summed E-state index contributed by atoms with van der Waals surface area (Å²) in [4.78, 5) is 24.7. The molecule has 0 radical (unpaired) electrons. The van der Waals surface area contributed by atoms with E-state index in [0.29, 0.717) is 37.0 Å². The van der Waals surface area contributed by atoms with Gasteiger partial charge in [-0.05, 0) is 68.5 Å². The molecule has 4 aromatic rings. The van der Waals surface area contributed by atoms with Gasteiger partial charge in [-0.25, -0.2) is 18.1 Å². The van der Waals surface area contributed by atoms with Crippen LogP contribution in [0.2, 0.25) is 0 Å². The lowest BCUT2D eigenvalue weighted by molar-refractivity contribution is -0.126. The van der Waals surface area contributed by atoms with Crippen molar-refractivity contribution < 1.29 is 13.2 Å². The van der Waals surface area contributed by atoms with E-state index in [1.165, 1.54) is 0 Å². The molecular formula is C27H29N5O3S. The zero-order valence-corrected chi connectivity index (χ0v) is 20.8. The number of pyridine rings is 1. The van der Waals surface area contributed by atoms with Crippen LogP contribution in [0.4, 0.5) is 0 Å². The summed E-state index contributed by atoms with van der Waals surface area (Å²) in [7, 11) is -3.71. The van der Waals surface area contributed by atoms with Crippen LogP contribution < -0.4 is 10.0 Å². The van der Waals surface area contributed by atoms with E-state index in [1.54, 1.807) is 30.6 Å². The van der Waals surface area contributed by atoms with E-state index in [1.807, 2.05) is 49.4 Å². The van der Waals surface area contributed by atoms with Crippen molar-refractivity contribution in [2.75, 3.05) is 0 Å². The fourth-order valence-electron chi connectivity index (χ4n) is 4.72. The van der Waals surface area contributed by atoms with E-state index in [4.69, 9.17) is 0 Å². The van der Waals surface area contributed by atoms with Crippen molar-refractivity contribution in [3.05, 3.63) is 78.6 Å². The maximum atomic E-state index is 13.1. The predicted molar refractivity (Wildman–Crippen MR) is 138 cm³/mol. The third kappa shape index (κ3) is 5.32. The highest BCUT2D eigenvalue weighted by atomic mass is 32.2. The molecule has 1 aliphatic rings. The van der Waals surface area contributed by atoms with E-state index < -0.39 is 10.0 Å². The minimum absolute atomic E-state index is 0.0293. The van der Waals surface area contributed by atoms with Crippen LogP contribution in [0.25, 0.3) is 22.4 Å². The van der Waals surface area contributed by atoms with Gasteiger partial charge in [0.2, 0.25) is 15.9 Å². The molecule has 1 aliphatic carbocycles. The first-order valence-electron chi connectivity index (χ1n) is 12.2. The first-order chi connectivity index (χ1) is 17.4. The lowest BCUT2D eigenvalue weighted by atomic mass is 9.85. The molecule has 9 heteroatoms. The predicted octanol–water partition coefficient (Wildman–Crippen LogP) is 4.34. The molecule has 1 saturated carbocycles. The molecule has 186 valence electrons. The number of fused-ring (bicyclic) bond motifs is 1. The zero-order chi connectivity index (χ0) is 25.1. The third-order valence-corrected chi connectivity index (χ3v) is 8.31. The van der Waals surface area contributed by atoms with E-state index in [2.05, 4.69) is 25.0 Å². The number of benzene rings is 2.